The van der Waals surface area contributed by atoms with Crippen molar-refractivity contribution in [3.05, 3.63) is 29.8 Å². The predicted octanol–water partition coefficient (Wildman–Crippen LogP) is 1.93. The number of rotatable bonds is 4. The summed E-state index contributed by atoms with van der Waals surface area (Å²) in [6.45, 7) is 11.8. The number of halogens is 1. The lowest BCUT2D eigenvalue weighted by Crippen LogP contribution is -2.58. The van der Waals surface area contributed by atoms with Gasteiger partial charge in [0.25, 0.3) is 0 Å². The molecule has 0 bridgehead atoms. The SMILES string of the molecule is CC(C#N)(NC(=O)[C@@H]1[C@@H]2[C@H](CN1C(=O)[C@@H](N)C(C)(C)C)C2(C)C)c1cncc(F)c1. The number of amides is 2. The number of nitrogens with two attached hydrogens (primary N) is 1. The zero-order valence-corrected chi connectivity index (χ0v) is 18.4. The highest BCUT2D eigenvalue weighted by Crippen LogP contribution is 2.65. The first-order valence-electron chi connectivity index (χ1n) is 10.1. The highest BCUT2D eigenvalue weighted by molar-refractivity contribution is 5.92. The van der Waals surface area contributed by atoms with Crippen molar-refractivity contribution in [3.63, 3.8) is 0 Å². The second-order valence-corrected chi connectivity index (χ2v) is 10.4. The van der Waals surface area contributed by atoms with Gasteiger partial charge < -0.3 is 16.0 Å². The standard InChI is InChI=1S/C22H30FN5O2/c1-20(2,3)17(25)19(30)28-10-14-15(21(14,4)5)16(28)18(29)27-22(6,11-24)12-7-13(23)9-26-8-12/h7-9,14-17H,10,25H2,1-6H3,(H,27,29)/t14-,15-,16-,17+,22?/m0/s1. The minimum absolute atomic E-state index is 0.0119. The monoisotopic (exact) mass is 415 g/mol. The molecule has 2 aliphatic rings. The number of nitrogens with zero attached hydrogens (tertiary/aromatic N) is 3. The summed E-state index contributed by atoms with van der Waals surface area (Å²) >= 11 is 0. The van der Waals surface area contributed by atoms with Crippen molar-refractivity contribution in [3.8, 4) is 6.07 Å². The Labute approximate surface area is 176 Å². The fourth-order valence-corrected chi connectivity index (χ4v) is 4.53. The summed E-state index contributed by atoms with van der Waals surface area (Å²) in [5, 5.41) is 12.5. The Kier molecular flexibility index (Phi) is 5.18. The molecular weight excluding hydrogens is 385 g/mol. The molecule has 0 radical (unpaired) electrons. The molecule has 5 atom stereocenters. The number of carbonyl (C=O) groups excluding carboxylic acids is 2. The van der Waals surface area contributed by atoms with Crippen LogP contribution in [0.3, 0.4) is 0 Å². The summed E-state index contributed by atoms with van der Waals surface area (Å²) in [5.74, 6) is -1.11. The Hall–Kier alpha value is -2.53. The Morgan fingerprint density at radius 3 is 2.53 bits per heavy atom. The second kappa shape index (κ2) is 7.02. The fourth-order valence-electron chi connectivity index (χ4n) is 4.53. The third-order valence-corrected chi connectivity index (χ3v) is 6.84. The number of pyridine rings is 1. The summed E-state index contributed by atoms with van der Waals surface area (Å²) < 4.78 is 13.7. The third-order valence-electron chi connectivity index (χ3n) is 6.84. The number of likely N-dealkylation sites (tertiary alicyclic amines) is 1. The number of nitriles is 1. The Bertz CT molecular complexity index is 919. The average Bonchev–Trinajstić information content (AvgIpc) is 3.02. The Balaban J connectivity index is 1.89. The minimum atomic E-state index is -1.48. The van der Waals surface area contributed by atoms with Crippen LogP contribution in [-0.4, -0.2) is 40.3 Å². The molecule has 0 spiro atoms. The molecule has 3 rings (SSSR count). The van der Waals surface area contributed by atoms with E-state index >= 15 is 0 Å². The molecular formula is C22H30FN5O2. The molecule has 1 aromatic rings. The molecule has 3 N–H and O–H groups in total. The normalized spacial score (nSPS) is 27.4. The van der Waals surface area contributed by atoms with Gasteiger partial charge >= 0.3 is 0 Å². The van der Waals surface area contributed by atoms with E-state index in [1.807, 2.05) is 26.8 Å². The van der Waals surface area contributed by atoms with Crippen molar-refractivity contribution in [2.24, 2.45) is 28.4 Å². The van der Waals surface area contributed by atoms with E-state index in [-0.39, 0.29) is 28.7 Å². The van der Waals surface area contributed by atoms with Crippen molar-refractivity contribution in [2.75, 3.05) is 6.54 Å². The second-order valence-electron chi connectivity index (χ2n) is 10.4. The van der Waals surface area contributed by atoms with E-state index in [9.17, 15) is 19.2 Å². The van der Waals surface area contributed by atoms with Crippen molar-refractivity contribution >= 4 is 11.8 Å². The molecule has 2 fully saturated rings. The lowest BCUT2D eigenvalue weighted by atomic mass is 9.86. The zero-order chi connectivity index (χ0) is 22.6. The molecule has 2 amide bonds. The lowest BCUT2D eigenvalue weighted by molar-refractivity contribution is -0.143. The van der Waals surface area contributed by atoms with Crippen LogP contribution in [0, 0.1) is 39.8 Å². The van der Waals surface area contributed by atoms with Gasteiger partial charge in [-0.15, -0.1) is 0 Å². The van der Waals surface area contributed by atoms with Crippen LogP contribution in [0.25, 0.3) is 0 Å². The summed E-state index contributed by atoms with van der Waals surface area (Å²) in [6.07, 6.45) is 2.38. The van der Waals surface area contributed by atoms with Gasteiger partial charge in [0.1, 0.15) is 11.9 Å². The average molecular weight is 416 g/mol. The van der Waals surface area contributed by atoms with Gasteiger partial charge in [-0.2, -0.15) is 5.26 Å². The first kappa shape index (κ1) is 22.2. The van der Waals surface area contributed by atoms with E-state index in [0.717, 1.165) is 6.20 Å². The molecule has 1 unspecified atom stereocenters. The number of fused-ring (bicyclic) bond motifs is 1. The van der Waals surface area contributed by atoms with Gasteiger partial charge in [0.15, 0.2) is 5.54 Å². The third kappa shape index (κ3) is 3.56. The van der Waals surface area contributed by atoms with Crippen LogP contribution in [0.1, 0.15) is 47.1 Å². The smallest absolute Gasteiger partial charge is 0.244 e. The van der Waals surface area contributed by atoms with E-state index in [2.05, 4.69) is 24.1 Å². The van der Waals surface area contributed by atoms with Gasteiger partial charge in [-0.1, -0.05) is 34.6 Å². The van der Waals surface area contributed by atoms with Gasteiger partial charge in [0.05, 0.1) is 18.3 Å². The van der Waals surface area contributed by atoms with Crippen molar-refractivity contribution < 1.29 is 14.0 Å². The van der Waals surface area contributed by atoms with Gasteiger partial charge in [-0.05, 0) is 35.7 Å². The lowest BCUT2D eigenvalue weighted by Gasteiger charge is -2.36. The summed E-state index contributed by atoms with van der Waals surface area (Å²) in [6, 6.07) is 1.75. The molecule has 8 heteroatoms. The summed E-state index contributed by atoms with van der Waals surface area (Å²) in [5.41, 5.74) is 4.44. The highest BCUT2D eigenvalue weighted by Gasteiger charge is 2.69. The molecule has 1 aliphatic heterocycles. The van der Waals surface area contributed by atoms with Crippen molar-refractivity contribution in [1.82, 2.24) is 15.2 Å². The van der Waals surface area contributed by atoms with Gasteiger partial charge in [-0.25, -0.2) is 4.39 Å². The summed E-state index contributed by atoms with van der Waals surface area (Å²) in [4.78, 5) is 31.9. The van der Waals surface area contributed by atoms with Crippen LogP contribution in [0.5, 0.6) is 0 Å². The van der Waals surface area contributed by atoms with Crippen molar-refractivity contribution in [1.29, 1.82) is 5.26 Å². The maximum atomic E-state index is 13.7. The molecule has 2 heterocycles. The molecule has 1 saturated heterocycles. The number of hydrogen-bond donors (Lipinski definition) is 2. The van der Waals surface area contributed by atoms with Crippen LogP contribution < -0.4 is 11.1 Å². The fraction of sp³-hybridized carbons (Fsp3) is 0.636. The number of carbonyl (C=O) groups is 2. The van der Waals surface area contributed by atoms with Crippen molar-refractivity contribution in [2.45, 2.75) is 59.2 Å². The number of aromatic nitrogens is 1. The largest absolute Gasteiger partial charge is 0.333 e. The molecule has 1 aromatic heterocycles. The van der Waals surface area contributed by atoms with E-state index in [1.54, 1.807) is 4.90 Å². The van der Waals surface area contributed by atoms with Gasteiger partial charge in [0.2, 0.25) is 11.8 Å². The molecule has 7 nitrogen and oxygen atoms in total. The predicted molar refractivity (Wildman–Crippen MR) is 109 cm³/mol. The number of hydrogen-bond acceptors (Lipinski definition) is 5. The Morgan fingerprint density at radius 1 is 1.37 bits per heavy atom. The summed E-state index contributed by atoms with van der Waals surface area (Å²) in [7, 11) is 0. The van der Waals surface area contributed by atoms with Crippen LogP contribution in [0.2, 0.25) is 0 Å². The van der Waals surface area contributed by atoms with Crippen LogP contribution in [-0.2, 0) is 15.1 Å². The topological polar surface area (TPSA) is 112 Å². The first-order chi connectivity index (χ1) is 13.7. The number of piperidine rings is 1. The minimum Gasteiger partial charge on any atom is -0.333 e. The van der Waals surface area contributed by atoms with Crippen LogP contribution in [0.15, 0.2) is 18.5 Å². The molecule has 162 valence electrons. The van der Waals surface area contributed by atoms with Gasteiger partial charge in [0, 0.05) is 18.3 Å². The maximum Gasteiger partial charge on any atom is 0.244 e. The van der Waals surface area contributed by atoms with E-state index in [4.69, 9.17) is 5.73 Å². The van der Waals surface area contributed by atoms with Crippen LogP contribution >= 0.6 is 0 Å². The van der Waals surface area contributed by atoms with E-state index in [1.165, 1.54) is 19.2 Å². The first-order valence-corrected chi connectivity index (χ1v) is 10.1. The van der Waals surface area contributed by atoms with E-state index < -0.39 is 34.8 Å². The maximum absolute atomic E-state index is 13.7. The van der Waals surface area contributed by atoms with Crippen LogP contribution in [0.4, 0.5) is 4.39 Å². The van der Waals surface area contributed by atoms with E-state index in [0.29, 0.717) is 6.54 Å². The molecule has 1 aliphatic carbocycles. The van der Waals surface area contributed by atoms with Gasteiger partial charge in [-0.3, -0.25) is 14.6 Å². The quantitative estimate of drug-likeness (QED) is 0.780. The molecule has 1 saturated carbocycles. The highest BCUT2D eigenvalue weighted by atomic mass is 19.1. The zero-order valence-electron chi connectivity index (χ0n) is 18.4. The molecule has 0 aromatic carbocycles. The molecule has 30 heavy (non-hydrogen) atoms. The Morgan fingerprint density at radius 2 is 2.00 bits per heavy atom. The number of nitrogens with one attached hydrogen (secondary N) is 1.